The smallest absolute Gasteiger partial charge is 0.339 e. The minimum Gasteiger partial charge on any atom is -0.465 e. The quantitative estimate of drug-likeness (QED) is 0.774. The molecule has 1 aromatic rings. The van der Waals surface area contributed by atoms with Gasteiger partial charge >= 0.3 is 5.97 Å². The number of amides is 1. The zero-order valence-electron chi connectivity index (χ0n) is 12.4. The van der Waals surface area contributed by atoms with Crippen LogP contribution in [0.15, 0.2) is 24.3 Å². The van der Waals surface area contributed by atoms with Gasteiger partial charge in [0.1, 0.15) is 0 Å². The molecule has 0 heterocycles. The average molecular weight is 277 g/mol. The molecule has 0 saturated carbocycles. The predicted molar refractivity (Wildman–Crippen MR) is 79.7 cm³/mol. The number of nitrogens with one attached hydrogen (secondary N) is 1. The second kappa shape index (κ2) is 8.35. The number of esters is 1. The molecule has 1 rings (SSSR count). The van der Waals surface area contributed by atoms with Crippen LogP contribution in [-0.2, 0) is 9.53 Å². The van der Waals surface area contributed by atoms with Gasteiger partial charge in [-0.15, -0.1) is 0 Å². The van der Waals surface area contributed by atoms with E-state index in [4.69, 9.17) is 4.74 Å². The van der Waals surface area contributed by atoms with Crippen LogP contribution < -0.4 is 5.32 Å². The Labute approximate surface area is 120 Å². The van der Waals surface area contributed by atoms with Gasteiger partial charge in [-0.3, -0.25) is 4.79 Å². The molecule has 0 unspecified atom stereocenters. The second-order valence-electron chi connectivity index (χ2n) is 4.77. The van der Waals surface area contributed by atoms with Gasteiger partial charge in [0, 0.05) is 5.92 Å². The highest BCUT2D eigenvalue weighted by Gasteiger charge is 2.18. The van der Waals surface area contributed by atoms with Gasteiger partial charge in [0.15, 0.2) is 0 Å². The number of hydrogen-bond donors (Lipinski definition) is 1. The lowest BCUT2D eigenvalue weighted by Crippen LogP contribution is -2.23. The normalized spacial score (nSPS) is 11.8. The van der Waals surface area contributed by atoms with Crippen LogP contribution in [0.25, 0.3) is 0 Å². The minimum absolute atomic E-state index is 0.0133. The lowest BCUT2D eigenvalue weighted by Gasteiger charge is -2.16. The first-order valence-electron chi connectivity index (χ1n) is 7.12. The van der Waals surface area contributed by atoms with Gasteiger partial charge in [0.05, 0.1) is 18.4 Å². The number of para-hydroxylation sites is 1. The number of carbonyl (C=O) groups is 2. The fraction of sp³-hybridized carbons (Fsp3) is 0.500. The van der Waals surface area contributed by atoms with Crippen molar-refractivity contribution in [2.75, 3.05) is 12.4 Å². The summed E-state index contributed by atoms with van der Waals surface area (Å²) in [4.78, 5) is 23.9. The first-order chi connectivity index (χ1) is 9.63. The fourth-order valence-corrected chi connectivity index (χ4v) is 2.09. The fourth-order valence-electron chi connectivity index (χ4n) is 2.09. The molecule has 0 saturated heterocycles. The van der Waals surface area contributed by atoms with E-state index in [9.17, 15) is 9.59 Å². The average Bonchev–Trinajstić information content (AvgIpc) is 2.47. The number of anilines is 1. The van der Waals surface area contributed by atoms with Crippen molar-refractivity contribution < 1.29 is 14.3 Å². The maximum Gasteiger partial charge on any atom is 0.339 e. The summed E-state index contributed by atoms with van der Waals surface area (Å²) in [5.74, 6) is -0.486. The molecule has 0 aromatic heterocycles. The summed E-state index contributed by atoms with van der Waals surface area (Å²) < 4.78 is 4.72. The Hall–Kier alpha value is -1.84. The van der Waals surface area contributed by atoms with Gasteiger partial charge in [0.2, 0.25) is 5.91 Å². The van der Waals surface area contributed by atoms with E-state index < -0.39 is 5.97 Å². The molecule has 20 heavy (non-hydrogen) atoms. The molecule has 1 amide bonds. The molecule has 1 N–H and O–H groups in total. The van der Waals surface area contributed by atoms with Crippen molar-refractivity contribution in [3.8, 4) is 0 Å². The number of benzene rings is 1. The van der Waals surface area contributed by atoms with Gasteiger partial charge in [-0.2, -0.15) is 0 Å². The van der Waals surface area contributed by atoms with Crippen molar-refractivity contribution in [2.24, 2.45) is 5.92 Å². The first-order valence-corrected chi connectivity index (χ1v) is 7.12. The molecule has 4 nitrogen and oxygen atoms in total. The Morgan fingerprint density at radius 1 is 1.25 bits per heavy atom. The van der Waals surface area contributed by atoms with Gasteiger partial charge in [-0.1, -0.05) is 38.8 Å². The molecular weight excluding hydrogens is 254 g/mol. The number of carbonyl (C=O) groups excluding carboxylic acids is 2. The zero-order valence-corrected chi connectivity index (χ0v) is 12.4. The molecule has 0 aliphatic rings. The number of hydrogen-bond acceptors (Lipinski definition) is 3. The summed E-state index contributed by atoms with van der Waals surface area (Å²) in [5, 5.41) is 2.85. The third-order valence-electron chi connectivity index (χ3n) is 3.36. The summed E-state index contributed by atoms with van der Waals surface area (Å²) in [7, 11) is 1.33. The summed E-state index contributed by atoms with van der Waals surface area (Å²) in [5.41, 5.74) is 0.896. The lowest BCUT2D eigenvalue weighted by atomic mass is 9.98. The van der Waals surface area contributed by atoms with Gasteiger partial charge < -0.3 is 10.1 Å². The highest BCUT2D eigenvalue weighted by Crippen LogP contribution is 2.20. The molecule has 0 spiro atoms. The van der Waals surface area contributed by atoms with Crippen LogP contribution in [0.1, 0.15) is 49.9 Å². The SMILES string of the molecule is CCCC[C@H](CC)C(=O)Nc1ccccc1C(=O)OC. The van der Waals surface area contributed by atoms with Crippen LogP contribution in [0.2, 0.25) is 0 Å². The number of methoxy groups -OCH3 is 1. The van der Waals surface area contributed by atoms with E-state index in [2.05, 4.69) is 12.2 Å². The van der Waals surface area contributed by atoms with E-state index >= 15 is 0 Å². The second-order valence-corrected chi connectivity index (χ2v) is 4.77. The maximum absolute atomic E-state index is 12.2. The topological polar surface area (TPSA) is 55.4 Å². The molecular formula is C16H23NO3. The van der Waals surface area contributed by atoms with Crippen molar-refractivity contribution in [3.05, 3.63) is 29.8 Å². The summed E-state index contributed by atoms with van der Waals surface area (Å²) in [6.07, 6.45) is 3.78. The van der Waals surface area contributed by atoms with E-state index in [1.165, 1.54) is 7.11 Å². The molecule has 0 aliphatic heterocycles. The highest BCUT2D eigenvalue weighted by molar-refractivity contribution is 6.01. The predicted octanol–water partition coefficient (Wildman–Crippen LogP) is 3.63. The third-order valence-corrected chi connectivity index (χ3v) is 3.36. The molecule has 0 radical (unpaired) electrons. The molecule has 0 fully saturated rings. The van der Waals surface area contributed by atoms with E-state index in [1.807, 2.05) is 6.92 Å². The highest BCUT2D eigenvalue weighted by atomic mass is 16.5. The van der Waals surface area contributed by atoms with Crippen molar-refractivity contribution in [3.63, 3.8) is 0 Å². The Bertz CT molecular complexity index is 457. The molecule has 4 heteroatoms. The number of ether oxygens (including phenoxy) is 1. The number of unbranched alkanes of at least 4 members (excludes halogenated alkanes) is 1. The van der Waals surface area contributed by atoms with Crippen molar-refractivity contribution in [1.82, 2.24) is 0 Å². The van der Waals surface area contributed by atoms with E-state index in [-0.39, 0.29) is 11.8 Å². The molecule has 1 atom stereocenters. The Morgan fingerprint density at radius 2 is 1.95 bits per heavy atom. The Kier molecular flexibility index (Phi) is 6.77. The zero-order chi connectivity index (χ0) is 15.0. The molecule has 1 aromatic carbocycles. The number of rotatable bonds is 7. The van der Waals surface area contributed by atoms with Crippen molar-refractivity contribution >= 4 is 17.6 Å². The third kappa shape index (κ3) is 4.37. The Balaban J connectivity index is 2.81. The first kappa shape index (κ1) is 16.2. The van der Waals surface area contributed by atoms with Crippen LogP contribution in [0, 0.1) is 5.92 Å². The van der Waals surface area contributed by atoms with Crippen LogP contribution in [0.4, 0.5) is 5.69 Å². The van der Waals surface area contributed by atoms with Crippen molar-refractivity contribution in [1.29, 1.82) is 0 Å². The lowest BCUT2D eigenvalue weighted by molar-refractivity contribution is -0.120. The van der Waals surface area contributed by atoms with Crippen molar-refractivity contribution in [2.45, 2.75) is 39.5 Å². The van der Waals surface area contributed by atoms with E-state index in [0.717, 1.165) is 25.7 Å². The minimum atomic E-state index is -0.442. The molecule has 0 aliphatic carbocycles. The maximum atomic E-state index is 12.2. The monoisotopic (exact) mass is 277 g/mol. The van der Waals surface area contributed by atoms with E-state index in [0.29, 0.717) is 11.3 Å². The van der Waals surface area contributed by atoms with Gasteiger partial charge in [-0.25, -0.2) is 4.79 Å². The summed E-state index contributed by atoms with van der Waals surface area (Å²) in [6.45, 7) is 4.11. The van der Waals surface area contributed by atoms with Crippen LogP contribution in [0.5, 0.6) is 0 Å². The van der Waals surface area contributed by atoms with Crippen LogP contribution in [0.3, 0.4) is 0 Å². The Morgan fingerprint density at radius 3 is 2.55 bits per heavy atom. The van der Waals surface area contributed by atoms with Gasteiger partial charge in [-0.05, 0) is 25.0 Å². The largest absolute Gasteiger partial charge is 0.465 e. The summed E-state index contributed by atoms with van der Waals surface area (Å²) >= 11 is 0. The molecule has 0 bridgehead atoms. The van der Waals surface area contributed by atoms with Crippen LogP contribution in [-0.4, -0.2) is 19.0 Å². The summed E-state index contributed by atoms with van der Waals surface area (Å²) in [6, 6.07) is 6.90. The standard InChI is InChI=1S/C16H23NO3/c1-4-6-9-12(5-2)15(18)17-14-11-8-7-10-13(14)16(19)20-3/h7-8,10-12H,4-6,9H2,1-3H3,(H,17,18)/t12-/m0/s1. The van der Waals surface area contributed by atoms with Gasteiger partial charge in [0.25, 0.3) is 0 Å². The molecule has 110 valence electrons. The van der Waals surface area contributed by atoms with Crippen LogP contribution >= 0.6 is 0 Å². The van der Waals surface area contributed by atoms with E-state index in [1.54, 1.807) is 24.3 Å².